The van der Waals surface area contributed by atoms with Gasteiger partial charge in [0.1, 0.15) is 19.0 Å². The molecule has 9 heteroatoms. The highest BCUT2D eigenvalue weighted by atomic mass is 35.5. The number of benzene rings is 3. The Morgan fingerprint density at radius 1 is 1.03 bits per heavy atom. The molecule has 0 bridgehead atoms. The smallest absolute Gasteiger partial charge is 0.329 e. The lowest BCUT2D eigenvalue weighted by atomic mass is 10.2. The Morgan fingerprint density at radius 3 is 2.46 bits per heavy atom. The number of carbonyl (C=O) groups is 2. The van der Waals surface area contributed by atoms with Gasteiger partial charge >= 0.3 is 11.8 Å². The summed E-state index contributed by atoms with van der Waals surface area (Å²) in [5.74, 6) is -0.405. The summed E-state index contributed by atoms with van der Waals surface area (Å²) in [5.41, 5.74) is 4.13. The van der Waals surface area contributed by atoms with Crippen molar-refractivity contribution in [3.63, 3.8) is 0 Å². The van der Waals surface area contributed by atoms with Crippen LogP contribution in [0.5, 0.6) is 17.2 Å². The first-order valence-electron chi connectivity index (χ1n) is 10.5. The Hall–Kier alpha value is -4.30. The van der Waals surface area contributed by atoms with Crippen molar-refractivity contribution < 1.29 is 23.8 Å². The Kier molecular flexibility index (Phi) is 9.27. The molecule has 0 aliphatic carbocycles. The highest BCUT2D eigenvalue weighted by Gasteiger charge is 2.14. The van der Waals surface area contributed by atoms with Gasteiger partial charge in [0, 0.05) is 5.69 Å². The minimum atomic E-state index is -0.936. The molecule has 0 atom stereocenters. The average molecular weight is 494 g/mol. The quantitative estimate of drug-likeness (QED) is 0.186. The molecule has 0 spiro atoms. The summed E-state index contributed by atoms with van der Waals surface area (Å²) >= 11 is 6.37. The van der Waals surface area contributed by atoms with Gasteiger partial charge in [-0.2, -0.15) is 5.10 Å². The fourth-order valence-corrected chi connectivity index (χ4v) is 3.15. The van der Waals surface area contributed by atoms with Crippen LogP contribution in [0.1, 0.15) is 11.1 Å². The highest BCUT2D eigenvalue weighted by molar-refractivity contribution is 6.39. The van der Waals surface area contributed by atoms with Crippen LogP contribution in [0.25, 0.3) is 0 Å². The Morgan fingerprint density at radius 2 is 1.77 bits per heavy atom. The molecule has 0 unspecified atom stereocenters. The van der Waals surface area contributed by atoms with Crippen LogP contribution in [0, 0.1) is 0 Å². The molecule has 3 aromatic rings. The van der Waals surface area contributed by atoms with Crippen LogP contribution >= 0.6 is 11.6 Å². The fraction of sp³-hybridized carbons (Fsp3) is 0.115. The Balaban J connectivity index is 1.56. The van der Waals surface area contributed by atoms with Gasteiger partial charge in [-0.1, -0.05) is 54.6 Å². The summed E-state index contributed by atoms with van der Waals surface area (Å²) in [6.45, 7) is 4.26. The predicted molar refractivity (Wildman–Crippen MR) is 135 cm³/mol. The van der Waals surface area contributed by atoms with Crippen molar-refractivity contribution in [3.05, 3.63) is 95.5 Å². The van der Waals surface area contributed by atoms with E-state index in [-0.39, 0.29) is 0 Å². The second kappa shape index (κ2) is 12.8. The Labute approximate surface area is 208 Å². The van der Waals surface area contributed by atoms with Gasteiger partial charge in [-0.05, 0) is 47.5 Å². The van der Waals surface area contributed by atoms with E-state index in [0.717, 1.165) is 5.56 Å². The molecule has 0 heterocycles. The molecule has 3 rings (SSSR count). The minimum absolute atomic E-state index is 0.311. The molecule has 2 amide bonds. The number of hydrazone groups is 1. The first kappa shape index (κ1) is 25.3. The summed E-state index contributed by atoms with van der Waals surface area (Å²) < 4.78 is 16.6. The number of nitrogens with zero attached hydrogens (tertiary/aromatic N) is 1. The third kappa shape index (κ3) is 7.62. The lowest BCUT2D eigenvalue weighted by Gasteiger charge is -2.13. The number of anilines is 1. The van der Waals surface area contributed by atoms with Gasteiger partial charge in [-0.15, -0.1) is 0 Å². The van der Waals surface area contributed by atoms with E-state index in [4.69, 9.17) is 25.8 Å². The molecular weight excluding hydrogens is 470 g/mol. The van der Waals surface area contributed by atoms with Gasteiger partial charge in [0.25, 0.3) is 0 Å². The summed E-state index contributed by atoms with van der Waals surface area (Å²) in [5, 5.41) is 6.61. The maximum Gasteiger partial charge on any atom is 0.329 e. The first-order valence-corrected chi connectivity index (χ1v) is 10.9. The van der Waals surface area contributed by atoms with Crippen molar-refractivity contribution in [2.45, 2.75) is 6.61 Å². The normalized spacial score (nSPS) is 10.5. The monoisotopic (exact) mass is 493 g/mol. The van der Waals surface area contributed by atoms with E-state index in [9.17, 15) is 9.59 Å². The van der Waals surface area contributed by atoms with Crippen LogP contribution in [0.4, 0.5) is 5.69 Å². The molecule has 180 valence electrons. The number of halogens is 1. The van der Waals surface area contributed by atoms with Crippen LogP contribution in [0.15, 0.2) is 84.5 Å². The first-order chi connectivity index (χ1) is 17.0. The molecule has 0 aromatic heterocycles. The van der Waals surface area contributed by atoms with Gasteiger partial charge in [0.2, 0.25) is 0 Å². The summed E-state index contributed by atoms with van der Waals surface area (Å²) in [7, 11) is 1.49. The maximum atomic E-state index is 12.1. The topological polar surface area (TPSA) is 98.2 Å². The third-order valence-corrected chi connectivity index (χ3v) is 4.82. The maximum absolute atomic E-state index is 12.1. The standard InChI is InChI=1S/C26H24ClN3O5/c1-3-13-34-21-11-9-20(10-12-21)29-25(31)26(32)30-28-16-19-14-22(27)24(23(15-19)33-2)35-17-18-7-5-4-6-8-18/h3-12,14-16H,1,13,17H2,2H3,(H,29,31)(H,30,32)/b28-16-. The lowest BCUT2D eigenvalue weighted by Crippen LogP contribution is -2.32. The Bertz CT molecular complexity index is 1200. The van der Waals surface area contributed by atoms with Gasteiger partial charge in [-0.25, -0.2) is 5.43 Å². The van der Waals surface area contributed by atoms with Crippen LogP contribution in [0.2, 0.25) is 5.02 Å². The molecule has 0 aliphatic heterocycles. The minimum Gasteiger partial charge on any atom is -0.493 e. The van der Waals surface area contributed by atoms with E-state index in [1.54, 1.807) is 42.5 Å². The molecule has 8 nitrogen and oxygen atoms in total. The molecule has 2 N–H and O–H groups in total. The number of hydrogen-bond acceptors (Lipinski definition) is 6. The molecule has 3 aromatic carbocycles. The van der Waals surface area contributed by atoms with Crippen molar-refractivity contribution in [1.29, 1.82) is 0 Å². The largest absolute Gasteiger partial charge is 0.493 e. The molecule has 0 fully saturated rings. The number of hydrogen-bond donors (Lipinski definition) is 2. The zero-order valence-corrected chi connectivity index (χ0v) is 19.7. The van der Waals surface area contributed by atoms with Crippen molar-refractivity contribution in [2.24, 2.45) is 5.10 Å². The number of rotatable bonds is 10. The van der Waals surface area contributed by atoms with E-state index in [0.29, 0.717) is 46.7 Å². The molecule has 0 saturated heterocycles. The average Bonchev–Trinajstić information content (AvgIpc) is 2.87. The zero-order valence-electron chi connectivity index (χ0n) is 19.0. The highest BCUT2D eigenvalue weighted by Crippen LogP contribution is 2.36. The predicted octanol–water partition coefficient (Wildman–Crippen LogP) is 4.58. The van der Waals surface area contributed by atoms with E-state index in [2.05, 4.69) is 22.4 Å². The number of ether oxygens (including phenoxy) is 3. The molecule has 0 radical (unpaired) electrons. The van der Waals surface area contributed by atoms with E-state index >= 15 is 0 Å². The van der Waals surface area contributed by atoms with Crippen LogP contribution < -0.4 is 25.0 Å². The SMILES string of the molecule is C=CCOc1ccc(NC(=O)C(=O)N/N=C\c2cc(Cl)c(OCc3ccccc3)c(OC)c2)cc1. The number of carbonyl (C=O) groups excluding carboxylic acids is 2. The summed E-state index contributed by atoms with van der Waals surface area (Å²) in [4.78, 5) is 24.2. The third-order valence-electron chi connectivity index (χ3n) is 4.54. The lowest BCUT2D eigenvalue weighted by molar-refractivity contribution is -0.136. The van der Waals surface area contributed by atoms with Gasteiger partial charge in [-0.3, -0.25) is 9.59 Å². The molecule has 0 saturated carbocycles. The number of amides is 2. The molecule has 35 heavy (non-hydrogen) atoms. The van der Waals surface area contributed by atoms with E-state index < -0.39 is 11.8 Å². The van der Waals surface area contributed by atoms with Crippen LogP contribution in [-0.2, 0) is 16.2 Å². The summed E-state index contributed by atoms with van der Waals surface area (Å²) in [6.07, 6.45) is 2.96. The number of methoxy groups -OCH3 is 1. The second-order valence-corrected chi connectivity index (χ2v) is 7.49. The fourth-order valence-electron chi connectivity index (χ4n) is 2.88. The van der Waals surface area contributed by atoms with Crippen LogP contribution in [-0.4, -0.2) is 31.7 Å². The second-order valence-electron chi connectivity index (χ2n) is 7.09. The van der Waals surface area contributed by atoms with E-state index in [1.165, 1.54) is 13.3 Å². The van der Waals surface area contributed by atoms with Gasteiger partial charge in [0.15, 0.2) is 11.5 Å². The van der Waals surface area contributed by atoms with Crippen molar-refractivity contribution >= 4 is 35.3 Å². The van der Waals surface area contributed by atoms with Gasteiger partial charge < -0.3 is 19.5 Å². The number of nitrogens with one attached hydrogen (secondary N) is 2. The van der Waals surface area contributed by atoms with Crippen LogP contribution in [0.3, 0.4) is 0 Å². The van der Waals surface area contributed by atoms with Crippen molar-refractivity contribution in [1.82, 2.24) is 5.43 Å². The van der Waals surface area contributed by atoms with Crippen molar-refractivity contribution in [3.8, 4) is 17.2 Å². The molecule has 0 aliphatic rings. The molecular formula is C26H24ClN3O5. The zero-order chi connectivity index (χ0) is 25.0. The van der Waals surface area contributed by atoms with E-state index in [1.807, 2.05) is 30.3 Å². The van der Waals surface area contributed by atoms with Gasteiger partial charge in [0.05, 0.1) is 18.3 Å². The van der Waals surface area contributed by atoms with Crippen molar-refractivity contribution in [2.75, 3.05) is 19.0 Å². The summed E-state index contributed by atoms with van der Waals surface area (Å²) in [6, 6.07) is 19.5.